The summed E-state index contributed by atoms with van der Waals surface area (Å²) < 4.78 is 0. The maximum Gasteiger partial charge on any atom is 0.247 e. The summed E-state index contributed by atoms with van der Waals surface area (Å²) in [6, 6.07) is 5.55. The van der Waals surface area contributed by atoms with Crippen molar-refractivity contribution < 1.29 is 0 Å². The van der Waals surface area contributed by atoms with Crippen LogP contribution in [0.5, 0.6) is 0 Å². The Morgan fingerprint density at radius 3 is 2.54 bits per heavy atom. The molecule has 0 bridgehead atoms. The van der Waals surface area contributed by atoms with Crippen molar-refractivity contribution in [2.24, 2.45) is 0 Å². The second-order valence-electron chi connectivity index (χ2n) is 5.54. The molecular formula is C17H23Cl2N5. The average molecular weight is 368 g/mol. The molecule has 1 N–H and O–H groups in total. The highest BCUT2D eigenvalue weighted by Gasteiger charge is 2.09. The van der Waals surface area contributed by atoms with Crippen molar-refractivity contribution in [3.63, 3.8) is 0 Å². The summed E-state index contributed by atoms with van der Waals surface area (Å²) >= 11 is 12.1. The molecule has 0 aliphatic carbocycles. The highest BCUT2D eigenvalue weighted by atomic mass is 35.5. The van der Waals surface area contributed by atoms with Crippen LogP contribution < -0.4 is 10.2 Å². The Kier molecular flexibility index (Phi) is 7.53. The van der Waals surface area contributed by atoms with Crippen LogP contribution in [0.15, 0.2) is 24.4 Å². The van der Waals surface area contributed by atoms with E-state index < -0.39 is 0 Å². The van der Waals surface area contributed by atoms with E-state index in [1.54, 1.807) is 12.3 Å². The van der Waals surface area contributed by atoms with Crippen molar-refractivity contribution >= 4 is 35.0 Å². The minimum absolute atomic E-state index is 0.647. The maximum atomic E-state index is 6.19. The van der Waals surface area contributed by atoms with E-state index in [1.165, 1.54) is 0 Å². The number of nitrogens with one attached hydrogen (secondary N) is 1. The minimum atomic E-state index is 0.647. The number of anilines is 2. The molecule has 0 aliphatic rings. The van der Waals surface area contributed by atoms with E-state index in [0.29, 0.717) is 22.5 Å². The van der Waals surface area contributed by atoms with Crippen LogP contribution in [0.2, 0.25) is 10.0 Å². The predicted octanol–water partition coefficient (Wildman–Crippen LogP) is 4.46. The fourth-order valence-electron chi connectivity index (χ4n) is 2.41. The summed E-state index contributed by atoms with van der Waals surface area (Å²) in [5.41, 5.74) is 1.05. The molecule has 1 heterocycles. The van der Waals surface area contributed by atoms with Crippen molar-refractivity contribution in [3.8, 4) is 0 Å². The van der Waals surface area contributed by atoms with Crippen molar-refractivity contribution in [3.05, 3.63) is 40.0 Å². The van der Waals surface area contributed by atoms with Crippen LogP contribution in [0, 0.1) is 0 Å². The molecule has 0 saturated heterocycles. The number of rotatable bonds is 9. The van der Waals surface area contributed by atoms with E-state index in [2.05, 4.69) is 39.2 Å². The van der Waals surface area contributed by atoms with Gasteiger partial charge in [0.1, 0.15) is 0 Å². The average Bonchev–Trinajstić information content (AvgIpc) is 2.57. The summed E-state index contributed by atoms with van der Waals surface area (Å²) in [7, 11) is 0. The molecule has 0 spiro atoms. The predicted molar refractivity (Wildman–Crippen MR) is 101 cm³/mol. The van der Waals surface area contributed by atoms with Crippen LogP contribution in [0.25, 0.3) is 0 Å². The van der Waals surface area contributed by atoms with Crippen LogP contribution in [-0.2, 0) is 6.42 Å². The van der Waals surface area contributed by atoms with E-state index in [-0.39, 0.29) is 0 Å². The number of hydrogen-bond donors (Lipinski definition) is 1. The highest BCUT2D eigenvalue weighted by Crippen LogP contribution is 2.21. The van der Waals surface area contributed by atoms with Gasteiger partial charge in [-0.2, -0.15) is 10.1 Å². The molecule has 7 heteroatoms. The number of halogens is 2. The Labute approximate surface area is 153 Å². The molecule has 2 aromatic rings. The van der Waals surface area contributed by atoms with Gasteiger partial charge in [0.15, 0.2) is 5.82 Å². The lowest BCUT2D eigenvalue weighted by molar-refractivity contribution is 0.710. The van der Waals surface area contributed by atoms with Crippen molar-refractivity contribution in [1.82, 2.24) is 15.2 Å². The van der Waals surface area contributed by atoms with E-state index in [0.717, 1.165) is 43.7 Å². The van der Waals surface area contributed by atoms with Crippen LogP contribution in [-0.4, -0.2) is 34.8 Å². The molecule has 0 fully saturated rings. The van der Waals surface area contributed by atoms with Gasteiger partial charge in [-0.05, 0) is 37.0 Å². The highest BCUT2D eigenvalue weighted by molar-refractivity contribution is 6.35. The zero-order valence-electron chi connectivity index (χ0n) is 14.1. The van der Waals surface area contributed by atoms with Gasteiger partial charge in [-0.15, -0.1) is 5.10 Å². The molecule has 0 aliphatic heterocycles. The molecule has 0 amide bonds. The molecule has 1 aromatic carbocycles. The summed E-state index contributed by atoms with van der Waals surface area (Å²) in [4.78, 5) is 6.73. The summed E-state index contributed by atoms with van der Waals surface area (Å²) in [6.45, 7) is 6.86. The smallest absolute Gasteiger partial charge is 0.247 e. The normalized spacial score (nSPS) is 10.7. The maximum absolute atomic E-state index is 6.19. The first-order chi connectivity index (χ1) is 11.6. The molecule has 1 aromatic heterocycles. The third kappa shape index (κ3) is 5.49. The van der Waals surface area contributed by atoms with Crippen LogP contribution >= 0.6 is 23.2 Å². The van der Waals surface area contributed by atoms with Gasteiger partial charge in [0.25, 0.3) is 0 Å². The van der Waals surface area contributed by atoms with E-state index >= 15 is 0 Å². The van der Waals surface area contributed by atoms with Crippen LogP contribution in [0.1, 0.15) is 32.3 Å². The standard InChI is InChI=1S/C17H23Cl2N5/c1-3-9-24(10-4-2)17-22-16(12-21-23-17)20-8-7-13-5-6-14(18)11-15(13)19/h5-6,11-12H,3-4,7-10H2,1-2H3,(H,20,22,23). The number of hydrogen-bond acceptors (Lipinski definition) is 5. The molecule has 0 saturated carbocycles. The molecule has 0 atom stereocenters. The molecule has 24 heavy (non-hydrogen) atoms. The van der Waals surface area contributed by atoms with Crippen LogP contribution in [0.4, 0.5) is 11.8 Å². The summed E-state index contributed by atoms with van der Waals surface area (Å²) in [5.74, 6) is 1.40. The third-order valence-electron chi connectivity index (χ3n) is 3.53. The SMILES string of the molecule is CCCN(CCC)c1nncc(NCCc2ccc(Cl)cc2Cl)n1. The van der Waals surface area contributed by atoms with Gasteiger partial charge < -0.3 is 10.2 Å². The second-order valence-corrected chi connectivity index (χ2v) is 6.38. The summed E-state index contributed by atoms with van der Waals surface area (Å²) in [6.07, 6.45) is 4.53. The quantitative estimate of drug-likeness (QED) is 0.708. The number of aromatic nitrogens is 3. The second kappa shape index (κ2) is 9.64. The third-order valence-corrected chi connectivity index (χ3v) is 4.12. The van der Waals surface area contributed by atoms with Gasteiger partial charge >= 0.3 is 0 Å². The first-order valence-electron chi connectivity index (χ1n) is 8.26. The monoisotopic (exact) mass is 367 g/mol. The molecule has 5 nitrogen and oxygen atoms in total. The van der Waals surface area contributed by atoms with Gasteiger partial charge in [0, 0.05) is 29.7 Å². The fourth-order valence-corrected chi connectivity index (χ4v) is 2.92. The first kappa shape index (κ1) is 18.7. The molecule has 0 radical (unpaired) electrons. The number of benzene rings is 1. The molecule has 0 unspecified atom stereocenters. The van der Waals surface area contributed by atoms with Gasteiger partial charge in [-0.1, -0.05) is 43.1 Å². The Morgan fingerprint density at radius 2 is 1.88 bits per heavy atom. The molecular weight excluding hydrogens is 345 g/mol. The zero-order chi connectivity index (χ0) is 17.4. The fraction of sp³-hybridized carbons (Fsp3) is 0.471. The zero-order valence-corrected chi connectivity index (χ0v) is 15.6. The lowest BCUT2D eigenvalue weighted by Gasteiger charge is -2.21. The Hall–Kier alpha value is -1.59. The lowest BCUT2D eigenvalue weighted by Crippen LogP contribution is -2.27. The minimum Gasteiger partial charge on any atom is -0.368 e. The lowest BCUT2D eigenvalue weighted by atomic mass is 10.1. The number of nitrogens with zero attached hydrogens (tertiary/aromatic N) is 4. The van der Waals surface area contributed by atoms with Crippen molar-refractivity contribution in [1.29, 1.82) is 0 Å². The van der Waals surface area contributed by atoms with Gasteiger partial charge in [0.2, 0.25) is 5.95 Å². The van der Waals surface area contributed by atoms with Gasteiger partial charge in [-0.25, -0.2) is 0 Å². The van der Waals surface area contributed by atoms with E-state index in [4.69, 9.17) is 23.2 Å². The van der Waals surface area contributed by atoms with Crippen molar-refractivity contribution in [2.45, 2.75) is 33.1 Å². The Bertz CT molecular complexity index is 645. The van der Waals surface area contributed by atoms with E-state index in [1.807, 2.05) is 12.1 Å². The van der Waals surface area contributed by atoms with Crippen molar-refractivity contribution in [2.75, 3.05) is 29.9 Å². The first-order valence-corrected chi connectivity index (χ1v) is 9.02. The Balaban J connectivity index is 1.96. The van der Waals surface area contributed by atoms with E-state index in [9.17, 15) is 0 Å². The topological polar surface area (TPSA) is 53.9 Å². The summed E-state index contributed by atoms with van der Waals surface area (Å²) in [5, 5.41) is 12.8. The van der Waals surface area contributed by atoms with Gasteiger partial charge in [0.05, 0.1) is 6.20 Å². The largest absolute Gasteiger partial charge is 0.368 e. The van der Waals surface area contributed by atoms with Gasteiger partial charge in [-0.3, -0.25) is 0 Å². The van der Waals surface area contributed by atoms with Crippen LogP contribution in [0.3, 0.4) is 0 Å². The molecule has 130 valence electrons. The Morgan fingerprint density at radius 1 is 1.12 bits per heavy atom. The molecule has 2 rings (SSSR count).